The van der Waals surface area contributed by atoms with Crippen LogP contribution < -0.4 is 0 Å². The summed E-state index contributed by atoms with van der Waals surface area (Å²) in [4.78, 5) is 12.8. The molecule has 0 aliphatic heterocycles. The summed E-state index contributed by atoms with van der Waals surface area (Å²) in [6, 6.07) is 0. The Bertz CT molecular complexity index is 893. The third-order valence-electron chi connectivity index (χ3n) is 13.7. The zero-order valence-corrected chi connectivity index (χ0v) is 22.8. The van der Waals surface area contributed by atoms with Crippen molar-refractivity contribution in [3.63, 3.8) is 0 Å². The number of aliphatic carboxylic acids is 1. The molecular formula is C30H49NO3. The van der Waals surface area contributed by atoms with Crippen LogP contribution in [0.4, 0.5) is 0 Å². The van der Waals surface area contributed by atoms with Gasteiger partial charge in [0, 0.05) is 5.41 Å². The Morgan fingerprint density at radius 3 is 2.21 bits per heavy atom. The largest absolute Gasteiger partial charge is 0.481 e. The lowest BCUT2D eigenvalue weighted by Crippen LogP contribution is -2.66. The van der Waals surface area contributed by atoms with E-state index in [0.717, 1.165) is 44.2 Å². The molecule has 0 aromatic carbocycles. The highest BCUT2D eigenvalue weighted by Crippen LogP contribution is 2.77. The van der Waals surface area contributed by atoms with E-state index in [2.05, 4.69) is 53.6 Å². The van der Waals surface area contributed by atoms with Crippen LogP contribution in [0.5, 0.6) is 0 Å². The van der Waals surface area contributed by atoms with Gasteiger partial charge in [0.15, 0.2) is 0 Å². The third kappa shape index (κ3) is 2.78. The van der Waals surface area contributed by atoms with Gasteiger partial charge in [-0.15, -0.1) is 0 Å². The Morgan fingerprint density at radius 1 is 0.882 bits per heavy atom. The third-order valence-corrected chi connectivity index (χ3v) is 13.7. The number of carbonyl (C=O) groups is 1. The van der Waals surface area contributed by atoms with Gasteiger partial charge in [-0.25, -0.2) is 0 Å². The molecule has 5 aliphatic carbocycles. The molecule has 34 heavy (non-hydrogen) atoms. The van der Waals surface area contributed by atoms with Crippen LogP contribution in [-0.2, 0) is 4.79 Å². The Labute approximate surface area is 207 Å². The Kier molecular flexibility index (Phi) is 5.42. The molecule has 1 unspecified atom stereocenters. The summed E-state index contributed by atoms with van der Waals surface area (Å²) < 4.78 is 0. The molecule has 5 aliphatic rings. The molecule has 0 saturated heterocycles. The summed E-state index contributed by atoms with van der Waals surface area (Å²) in [5.74, 6) is 2.68. The minimum atomic E-state index is -0.504. The smallest absolute Gasteiger partial charge is 0.309 e. The van der Waals surface area contributed by atoms with Crippen LogP contribution in [0.15, 0.2) is 5.16 Å². The molecule has 0 spiro atoms. The van der Waals surface area contributed by atoms with E-state index in [4.69, 9.17) is 0 Å². The summed E-state index contributed by atoms with van der Waals surface area (Å²) in [6.07, 6.45) is 10.8. The lowest BCUT2D eigenvalue weighted by molar-refractivity contribution is -0.232. The molecule has 5 saturated carbocycles. The maximum atomic E-state index is 12.8. The number of rotatable bonds is 2. The average molecular weight is 472 g/mol. The molecule has 0 radical (unpaired) electrons. The molecule has 5 rings (SSSR count). The fraction of sp³-hybridized carbons (Fsp3) is 0.933. The van der Waals surface area contributed by atoms with Crippen LogP contribution in [0, 0.1) is 62.6 Å². The van der Waals surface area contributed by atoms with Crippen molar-refractivity contribution in [3.05, 3.63) is 0 Å². The molecule has 0 aromatic heterocycles. The lowest BCUT2D eigenvalue weighted by Gasteiger charge is -2.72. The minimum absolute atomic E-state index is 0.0555. The number of carboxylic acid groups (broad SMARTS) is 1. The van der Waals surface area contributed by atoms with E-state index < -0.39 is 11.4 Å². The quantitative estimate of drug-likeness (QED) is 0.321. The van der Waals surface area contributed by atoms with E-state index >= 15 is 0 Å². The van der Waals surface area contributed by atoms with E-state index in [0.29, 0.717) is 35.5 Å². The van der Waals surface area contributed by atoms with Gasteiger partial charge < -0.3 is 10.3 Å². The number of carboxylic acids is 1. The molecule has 0 bridgehead atoms. The van der Waals surface area contributed by atoms with Crippen LogP contribution in [0.25, 0.3) is 0 Å². The normalized spacial score (nSPS) is 53.1. The van der Waals surface area contributed by atoms with E-state index in [-0.39, 0.29) is 21.7 Å². The molecule has 9 atom stereocenters. The first-order valence-corrected chi connectivity index (χ1v) is 14.2. The fourth-order valence-corrected chi connectivity index (χ4v) is 11.8. The molecule has 5 fully saturated rings. The van der Waals surface area contributed by atoms with E-state index in [1.54, 1.807) is 0 Å². The second-order valence-corrected chi connectivity index (χ2v) is 14.9. The van der Waals surface area contributed by atoms with Gasteiger partial charge >= 0.3 is 5.97 Å². The summed E-state index contributed by atoms with van der Waals surface area (Å²) in [5, 5.41) is 24.1. The first-order chi connectivity index (χ1) is 15.8. The van der Waals surface area contributed by atoms with Gasteiger partial charge in [-0.05, 0) is 116 Å². The lowest BCUT2D eigenvalue weighted by atomic mass is 9.32. The second kappa shape index (κ2) is 7.48. The zero-order valence-electron chi connectivity index (χ0n) is 22.8. The Hall–Kier alpha value is -1.06. The van der Waals surface area contributed by atoms with Gasteiger partial charge in [-0.3, -0.25) is 4.79 Å². The SMILES string of the molecule is CC(C)[C@@H]1CC[C@]2(C(=O)O)CC[C@]3(C)C(CC[C@@H]4[C@@]5(C)CC/C(=N\O)C(C)(C)[C@@H]5CC[C@]43C)[C@H]12. The topological polar surface area (TPSA) is 69.9 Å². The van der Waals surface area contributed by atoms with Gasteiger partial charge in [0.2, 0.25) is 0 Å². The summed E-state index contributed by atoms with van der Waals surface area (Å²) >= 11 is 0. The molecular weight excluding hydrogens is 422 g/mol. The van der Waals surface area contributed by atoms with Gasteiger partial charge in [-0.2, -0.15) is 0 Å². The molecule has 4 heteroatoms. The molecule has 0 aromatic rings. The maximum Gasteiger partial charge on any atom is 0.309 e. The maximum absolute atomic E-state index is 12.8. The van der Waals surface area contributed by atoms with Crippen molar-refractivity contribution < 1.29 is 15.1 Å². The van der Waals surface area contributed by atoms with Gasteiger partial charge in [0.1, 0.15) is 0 Å². The van der Waals surface area contributed by atoms with Crippen molar-refractivity contribution in [1.29, 1.82) is 0 Å². The van der Waals surface area contributed by atoms with E-state index in [9.17, 15) is 15.1 Å². The molecule has 0 heterocycles. The predicted octanol–water partition coefficient (Wildman–Crippen LogP) is 7.64. The molecule has 0 amide bonds. The standard InChI is InChI=1S/C30H49NO3/c1-18(2)19-10-15-30(25(32)33)17-16-28(6)20(24(19)30)8-9-22-27(5)13-12-23(31-34)26(3,4)21(27)11-14-29(22,28)7/h18-22,24,34H,8-17H2,1-7H3,(H,32,33)/b31-23+/t19-,20?,21-,22+,24-,27-,28+,29+,30-/m0/s1. The highest BCUT2D eigenvalue weighted by molar-refractivity contribution is 5.90. The van der Waals surface area contributed by atoms with Crippen LogP contribution >= 0.6 is 0 Å². The van der Waals surface area contributed by atoms with Gasteiger partial charge in [0.25, 0.3) is 0 Å². The molecule has 192 valence electrons. The highest BCUT2D eigenvalue weighted by atomic mass is 16.4. The number of fused-ring (bicyclic) bond motifs is 7. The molecule has 4 nitrogen and oxygen atoms in total. The van der Waals surface area contributed by atoms with E-state index in [1.807, 2.05) is 0 Å². The first-order valence-electron chi connectivity index (χ1n) is 14.2. The van der Waals surface area contributed by atoms with E-state index in [1.165, 1.54) is 25.7 Å². The van der Waals surface area contributed by atoms with Crippen molar-refractivity contribution in [2.24, 2.45) is 67.7 Å². The van der Waals surface area contributed by atoms with Crippen LogP contribution in [-0.4, -0.2) is 22.0 Å². The summed E-state index contributed by atoms with van der Waals surface area (Å²) in [7, 11) is 0. The Balaban J connectivity index is 1.56. The van der Waals surface area contributed by atoms with Crippen LogP contribution in [0.2, 0.25) is 0 Å². The average Bonchev–Trinajstić information content (AvgIpc) is 3.15. The number of oxime groups is 1. The first kappa shape index (κ1) is 24.6. The number of hydrogen-bond donors (Lipinski definition) is 2. The minimum Gasteiger partial charge on any atom is -0.481 e. The van der Waals surface area contributed by atoms with Crippen LogP contribution in [0.3, 0.4) is 0 Å². The second-order valence-electron chi connectivity index (χ2n) is 14.9. The van der Waals surface area contributed by atoms with Crippen molar-refractivity contribution >= 4 is 11.7 Å². The van der Waals surface area contributed by atoms with Gasteiger partial charge in [0.05, 0.1) is 11.1 Å². The number of hydrogen-bond acceptors (Lipinski definition) is 3. The Morgan fingerprint density at radius 2 is 1.59 bits per heavy atom. The van der Waals surface area contributed by atoms with Crippen LogP contribution in [0.1, 0.15) is 113 Å². The fourth-order valence-electron chi connectivity index (χ4n) is 11.8. The van der Waals surface area contributed by atoms with Crippen molar-refractivity contribution in [1.82, 2.24) is 0 Å². The summed E-state index contributed by atoms with van der Waals surface area (Å²) in [6.45, 7) is 17.1. The van der Waals surface area contributed by atoms with Crippen molar-refractivity contribution in [2.75, 3.05) is 0 Å². The van der Waals surface area contributed by atoms with Gasteiger partial charge in [-0.1, -0.05) is 53.6 Å². The predicted molar refractivity (Wildman–Crippen MR) is 136 cm³/mol. The zero-order chi connectivity index (χ0) is 24.9. The number of nitrogens with zero attached hydrogens (tertiary/aromatic N) is 1. The van der Waals surface area contributed by atoms with Crippen molar-refractivity contribution in [2.45, 2.75) is 113 Å². The van der Waals surface area contributed by atoms with Crippen molar-refractivity contribution in [3.8, 4) is 0 Å². The monoisotopic (exact) mass is 471 g/mol. The summed E-state index contributed by atoms with van der Waals surface area (Å²) in [5.41, 5.74) is 1.17. The molecule has 2 N–H and O–H groups in total. The highest BCUT2D eigenvalue weighted by Gasteiger charge is 2.72.